The molecular weight excluding hydrogens is 1020 g/mol. The Morgan fingerprint density at radius 1 is 0.785 bits per heavy atom. The summed E-state index contributed by atoms with van der Waals surface area (Å²) in [4.78, 5) is 130. The number of anilines is 1. The number of aromatic amines is 1. The van der Waals surface area contributed by atoms with Gasteiger partial charge in [0.25, 0.3) is 52.5 Å². The van der Waals surface area contributed by atoms with E-state index in [4.69, 9.17) is 45.5 Å². The molecule has 4 heterocycles. The second kappa shape index (κ2) is 23.1. The lowest BCUT2D eigenvalue weighted by Crippen LogP contribution is -2.33. The predicted octanol–water partition coefficient (Wildman–Crippen LogP) is -3.55. The number of H-pyrrole nitrogens is 1. The van der Waals surface area contributed by atoms with E-state index in [1.807, 2.05) is 4.98 Å². The smallest absolute Gasteiger partial charge is 0.351 e. The standard InChI is InChI=1S/C11H18N5O14P3.C10H17N6O13P3/c1-6-3-16(11(18)14-10(6)17)9-2-7(26-5-13-15-12)8(28-9)4-27-32(22,23)30-33(24,25)29-31(19,20)21;11-8-1-2-16(10(17)14-8)9-3-6(25-5-13-15-12)7(27-9)4-26-31(21,22)29-32(23,24)28-30(18,19)20/h3,7-9H,2,4-5H2,1H3,(H,22,23)(H,24,25)(H,14,17,18)(H2,19,20,21);1-2,6-7,9H,3-5H2,(H,21,22)(H,23,24)(H2,11,14,17)(H2,18,19,20)/p-6/t7-,8-,9-;6-,7-,9-/m11/s1. The number of nitrogens with one attached hydrogen (secondary N) is 1. The molecule has 2 aliphatic heterocycles. The van der Waals surface area contributed by atoms with Crippen molar-refractivity contribution in [2.45, 2.75) is 56.6 Å². The molecule has 0 radical (unpaired) electrons. The fourth-order valence-electron chi connectivity index (χ4n) is 5.05. The molecule has 2 aliphatic rings. The van der Waals surface area contributed by atoms with Gasteiger partial charge < -0.3 is 72.9 Å². The number of phosphoric ester groups is 2. The van der Waals surface area contributed by atoms with E-state index in [1.165, 1.54) is 25.4 Å². The number of hydrogen-bond donors (Lipinski definition) is 4. The Morgan fingerprint density at radius 2 is 1.22 bits per heavy atom. The molecule has 0 saturated carbocycles. The molecule has 0 bridgehead atoms. The first-order valence-corrected chi connectivity index (χ1v) is 25.4. The lowest BCUT2D eigenvalue weighted by atomic mass is 10.2. The summed E-state index contributed by atoms with van der Waals surface area (Å²) < 4.78 is 112. The molecule has 6 unspecified atom stereocenters. The number of aromatic nitrogens is 4. The summed E-state index contributed by atoms with van der Waals surface area (Å²) in [6.45, 7) is -1.54. The van der Waals surface area contributed by atoms with Gasteiger partial charge in [0.1, 0.15) is 43.9 Å². The summed E-state index contributed by atoms with van der Waals surface area (Å²) in [5.74, 6) is -0.0699. The molecule has 2 fully saturated rings. The van der Waals surface area contributed by atoms with Crippen LogP contribution in [0.15, 0.2) is 43.1 Å². The highest BCUT2D eigenvalue weighted by Gasteiger charge is 2.40. The van der Waals surface area contributed by atoms with Crippen molar-refractivity contribution >= 4 is 52.8 Å². The van der Waals surface area contributed by atoms with Gasteiger partial charge in [-0.3, -0.25) is 46.3 Å². The zero-order valence-electron chi connectivity index (χ0n) is 31.8. The third-order valence-corrected chi connectivity index (χ3v) is 14.8. The monoisotopic (exact) mass is 1050 g/mol. The number of aryl methyl sites for hydroxylation is 1. The Labute approximate surface area is 358 Å². The largest absolute Gasteiger partial charge is 0.756 e. The van der Waals surface area contributed by atoms with Crippen LogP contribution in [0.2, 0.25) is 0 Å². The van der Waals surface area contributed by atoms with E-state index >= 15 is 0 Å². The van der Waals surface area contributed by atoms with Gasteiger partial charge in [0.15, 0.2) is 0 Å². The summed E-state index contributed by atoms with van der Waals surface area (Å²) in [7, 11) is -35.5. The Balaban J connectivity index is 0.000000345. The van der Waals surface area contributed by atoms with Crippen molar-refractivity contribution in [1.82, 2.24) is 19.1 Å². The number of rotatable bonds is 22. The van der Waals surface area contributed by atoms with Crippen molar-refractivity contribution in [3.8, 4) is 0 Å². The molecule has 0 aliphatic carbocycles. The highest BCUT2D eigenvalue weighted by atomic mass is 31.3. The van der Waals surface area contributed by atoms with Crippen molar-refractivity contribution in [3.05, 3.63) is 76.2 Å². The molecule has 65 heavy (non-hydrogen) atoms. The minimum absolute atomic E-state index is 0.0699. The van der Waals surface area contributed by atoms with Crippen molar-refractivity contribution in [2.24, 2.45) is 10.2 Å². The molecule has 0 aromatic carbocycles. The summed E-state index contributed by atoms with van der Waals surface area (Å²) in [5, 5.41) is 6.27. The van der Waals surface area contributed by atoms with Gasteiger partial charge in [-0.2, -0.15) is 4.98 Å². The summed E-state index contributed by atoms with van der Waals surface area (Å²) in [6, 6.07) is 1.28. The van der Waals surface area contributed by atoms with Crippen LogP contribution in [0.25, 0.3) is 20.9 Å². The second-order valence-electron chi connectivity index (χ2n) is 12.0. The third kappa shape index (κ3) is 19.4. The molecular formula is C21H29N11O27P6-6. The summed E-state index contributed by atoms with van der Waals surface area (Å²) in [6.07, 6.45) is -4.65. The highest BCUT2D eigenvalue weighted by molar-refractivity contribution is 7.65. The van der Waals surface area contributed by atoms with Gasteiger partial charge in [-0.05, 0) is 24.1 Å². The quantitative estimate of drug-likeness (QED) is 0.0384. The number of ether oxygens (including phenoxy) is 4. The van der Waals surface area contributed by atoms with E-state index < -0.39 is 127 Å². The molecule has 0 spiro atoms. The fourth-order valence-corrected chi connectivity index (χ4v) is 10.8. The maximum absolute atomic E-state index is 12.1. The van der Waals surface area contributed by atoms with Crippen molar-refractivity contribution < 1.29 is 112 Å². The summed E-state index contributed by atoms with van der Waals surface area (Å²) >= 11 is 0. The van der Waals surface area contributed by atoms with Crippen LogP contribution in [0, 0.1) is 6.92 Å². The first kappa shape index (κ1) is 56.0. The van der Waals surface area contributed by atoms with Crippen LogP contribution in [-0.2, 0) is 72.6 Å². The average molecular weight is 1050 g/mol. The first-order chi connectivity index (χ1) is 29.8. The van der Waals surface area contributed by atoms with Crippen molar-refractivity contribution in [2.75, 3.05) is 32.4 Å². The van der Waals surface area contributed by atoms with E-state index in [0.29, 0.717) is 0 Å². The van der Waals surface area contributed by atoms with Crippen LogP contribution in [0.1, 0.15) is 30.9 Å². The van der Waals surface area contributed by atoms with Crippen LogP contribution in [0.4, 0.5) is 5.82 Å². The number of nitrogen functional groups attached to an aromatic ring is 1. The van der Waals surface area contributed by atoms with Gasteiger partial charge in [-0.15, -0.1) is 0 Å². The van der Waals surface area contributed by atoms with Crippen LogP contribution in [0.3, 0.4) is 0 Å². The molecule has 2 saturated heterocycles. The molecule has 5 N–H and O–H groups in total. The number of azide groups is 2. The zero-order chi connectivity index (χ0) is 49.2. The average Bonchev–Trinajstić information content (AvgIpc) is 3.72. The van der Waals surface area contributed by atoms with Crippen LogP contribution < -0.4 is 52.0 Å². The van der Waals surface area contributed by atoms with Gasteiger partial charge in [-0.1, -0.05) is 10.2 Å². The van der Waals surface area contributed by atoms with Gasteiger partial charge in [0, 0.05) is 40.6 Å². The number of phosphoric acid groups is 6. The second-order valence-corrected chi connectivity index (χ2v) is 20.6. The Kier molecular flexibility index (Phi) is 19.9. The molecule has 4 rings (SSSR count). The number of nitrogens with two attached hydrogens (primary N) is 1. The normalized spacial score (nSPS) is 26.2. The molecule has 44 heteroatoms. The number of hydrogen-bond acceptors (Lipinski definition) is 29. The molecule has 12 atom stereocenters. The summed E-state index contributed by atoms with van der Waals surface area (Å²) in [5.41, 5.74) is 19.9. The van der Waals surface area contributed by atoms with Crippen molar-refractivity contribution in [3.63, 3.8) is 0 Å². The Bertz CT molecular complexity index is 2590. The molecule has 38 nitrogen and oxygen atoms in total. The zero-order valence-corrected chi connectivity index (χ0v) is 37.2. The Hall–Kier alpha value is -3.36. The van der Waals surface area contributed by atoms with E-state index in [1.54, 1.807) is 0 Å². The van der Waals surface area contributed by atoms with E-state index in [2.05, 4.69) is 51.3 Å². The van der Waals surface area contributed by atoms with Crippen LogP contribution in [0.5, 0.6) is 0 Å². The fraction of sp³-hybridized carbons (Fsp3) is 0.619. The van der Waals surface area contributed by atoms with Gasteiger partial charge >= 0.3 is 11.4 Å². The lowest BCUT2D eigenvalue weighted by molar-refractivity contribution is -0.254. The number of nitrogens with zero attached hydrogens (tertiary/aromatic N) is 9. The van der Waals surface area contributed by atoms with E-state index in [-0.39, 0.29) is 24.2 Å². The SMILES string of the molecule is Cc1cn([C@H]2C[C@@H](OCN=[N+]=[N-])[C@@H](COP(=O)([O-])OP(=O)([O-])OP(=O)([O-])O)O2)c(=O)[nH]c1=O.[N-]=[N+]=NCO[C@@H]1C[C@H](n2ccc(N)nc2=O)O[C@@H]1COP(=O)([O-])OP(=O)([O-])OP(=O)([O-])O. The third-order valence-electron chi connectivity index (χ3n) is 7.40. The highest BCUT2D eigenvalue weighted by Crippen LogP contribution is 2.62. The minimum atomic E-state index is -6.09. The molecule has 2 aromatic rings. The predicted molar refractivity (Wildman–Crippen MR) is 190 cm³/mol. The first-order valence-electron chi connectivity index (χ1n) is 16.5. The van der Waals surface area contributed by atoms with E-state index in [0.717, 1.165) is 9.13 Å². The lowest BCUT2D eigenvalue weighted by Gasteiger charge is -2.33. The maximum Gasteiger partial charge on any atom is 0.351 e. The van der Waals surface area contributed by atoms with Crippen molar-refractivity contribution in [1.29, 1.82) is 0 Å². The molecule has 0 amide bonds. The molecule has 366 valence electrons. The Morgan fingerprint density at radius 3 is 1.62 bits per heavy atom. The maximum atomic E-state index is 12.1. The topological polar surface area (TPSA) is 587 Å². The minimum Gasteiger partial charge on any atom is -0.756 e. The molecule has 2 aromatic heterocycles. The van der Waals surface area contributed by atoms with Gasteiger partial charge in [0.2, 0.25) is 0 Å². The van der Waals surface area contributed by atoms with E-state index in [9.17, 15) is 71.1 Å². The van der Waals surface area contributed by atoms with Crippen LogP contribution >= 0.6 is 46.9 Å². The van der Waals surface area contributed by atoms with Gasteiger partial charge in [0.05, 0.1) is 25.4 Å². The van der Waals surface area contributed by atoms with Crippen LogP contribution in [-0.4, -0.2) is 80.0 Å². The van der Waals surface area contributed by atoms with Gasteiger partial charge in [-0.25, -0.2) is 26.8 Å².